The molecular weight excluding hydrogens is 523 g/mol. The van der Waals surface area contributed by atoms with Crippen LogP contribution in [0.15, 0.2) is 45.9 Å². The van der Waals surface area contributed by atoms with E-state index in [0.29, 0.717) is 26.7 Å². The van der Waals surface area contributed by atoms with Crippen molar-refractivity contribution in [1.29, 1.82) is 0 Å². The standard InChI is InChI=1S/C21H20BrFN2O5S2/c1-29-17-6-3-12(7-18(17)30-2)8-20(26)24-21-25(15-5-4-13(22)9-14(15)23)16-10-32(27,28)11-19(16)31-21/h3-7,9,16,19H,8,10-11H2,1-2H3. The van der Waals surface area contributed by atoms with Crippen LogP contribution in [0.5, 0.6) is 11.5 Å². The number of ether oxygens (including phenoxy) is 2. The van der Waals surface area contributed by atoms with Crippen molar-refractivity contribution in [1.82, 2.24) is 0 Å². The van der Waals surface area contributed by atoms with Gasteiger partial charge in [-0.3, -0.25) is 4.79 Å². The minimum absolute atomic E-state index is 0.00864. The second-order valence-corrected chi connectivity index (χ2v) is 11.7. The molecular formula is C21H20BrFN2O5S2. The molecule has 2 fully saturated rings. The number of thioether (sulfide) groups is 1. The van der Waals surface area contributed by atoms with Gasteiger partial charge >= 0.3 is 0 Å². The van der Waals surface area contributed by atoms with E-state index in [1.165, 1.54) is 32.0 Å². The van der Waals surface area contributed by atoms with Gasteiger partial charge in [0.25, 0.3) is 5.91 Å². The summed E-state index contributed by atoms with van der Waals surface area (Å²) in [5.74, 6) is -0.0375. The molecule has 0 N–H and O–H groups in total. The number of carbonyl (C=O) groups is 1. The summed E-state index contributed by atoms with van der Waals surface area (Å²) in [6, 6.07) is 9.21. The first-order valence-corrected chi connectivity index (χ1v) is 13.1. The van der Waals surface area contributed by atoms with Crippen LogP contribution in [-0.4, -0.2) is 56.5 Å². The number of nitrogens with zero attached hydrogens (tertiary/aromatic N) is 2. The summed E-state index contributed by atoms with van der Waals surface area (Å²) in [5, 5.41) is -0.00252. The maximum absolute atomic E-state index is 14.8. The Labute approximate surface area is 198 Å². The lowest BCUT2D eigenvalue weighted by molar-refractivity contribution is -0.117. The average molecular weight is 543 g/mol. The smallest absolute Gasteiger partial charge is 0.252 e. The number of methoxy groups -OCH3 is 2. The fraction of sp³-hybridized carbons (Fsp3) is 0.333. The molecule has 7 nitrogen and oxygen atoms in total. The second-order valence-electron chi connectivity index (χ2n) is 7.42. The molecule has 0 radical (unpaired) electrons. The van der Waals surface area contributed by atoms with Crippen LogP contribution in [0.1, 0.15) is 5.56 Å². The summed E-state index contributed by atoms with van der Waals surface area (Å²) in [6.07, 6.45) is 0.00864. The number of carbonyl (C=O) groups excluding carboxylic acids is 1. The number of hydrogen-bond acceptors (Lipinski definition) is 6. The van der Waals surface area contributed by atoms with E-state index in [1.54, 1.807) is 35.2 Å². The van der Waals surface area contributed by atoms with Gasteiger partial charge < -0.3 is 14.4 Å². The summed E-state index contributed by atoms with van der Waals surface area (Å²) in [7, 11) is -0.205. The van der Waals surface area contributed by atoms with E-state index in [4.69, 9.17) is 9.47 Å². The SMILES string of the molecule is COc1ccc(CC(=O)N=C2SC3CS(=O)(=O)CC3N2c2ccc(Br)cc2F)cc1OC. The van der Waals surface area contributed by atoms with Gasteiger partial charge in [0.2, 0.25) is 0 Å². The highest BCUT2D eigenvalue weighted by molar-refractivity contribution is 9.10. The van der Waals surface area contributed by atoms with Gasteiger partial charge in [-0.1, -0.05) is 33.8 Å². The fourth-order valence-corrected chi connectivity index (χ4v) is 8.09. The molecule has 170 valence electrons. The zero-order valence-corrected chi connectivity index (χ0v) is 20.5. The van der Waals surface area contributed by atoms with Crippen molar-refractivity contribution in [3.05, 3.63) is 52.3 Å². The van der Waals surface area contributed by atoms with Crippen LogP contribution in [0.3, 0.4) is 0 Å². The van der Waals surface area contributed by atoms with Crippen molar-refractivity contribution < 1.29 is 27.1 Å². The van der Waals surface area contributed by atoms with Crippen molar-refractivity contribution in [3.63, 3.8) is 0 Å². The van der Waals surface area contributed by atoms with Gasteiger partial charge in [-0.05, 0) is 35.9 Å². The van der Waals surface area contributed by atoms with Crippen LogP contribution in [0.25, 0.3) is 0 Å². The van der Waals surface area contributed by atoms with Crippen LogP contribution in [0, 0.1) is 5.82 Å². The van der Waals surface area contributed by atoms with E-state index in [1.807, 2.05) is 0 Å². The molecule has 0 aliphatic carbocycles. The van der Waals surface area contributed by atoms with Crippen molar-refractivity contribution in [2.75, 3.05) is 30.6 Å². The first-order valence-electron chi connectivity index (χ1n) is 9.64. The molecule has 2 atom stereocenters. The second kappa shape index (κ2) is 9.03. The van der Waals surface area contributed by atoms with Crippen LogP contribution in [-0.2, 0) is 21.1 Å². The maximum Gasteiger partial charge on any atom is 0.252 e. The highest BCUT2D eigenvalue weighted by Gasteiger charge is 2.50. The molecule has 0 spiro atoms. The number of rotatable bonds is 5. The first kappa shape index (κ1) is 23.1. The third-order valence-corrected chi connectivity index (χ3v) is 8.96. The average Bonchev–Trinajstić information content (AvgIpc) is 3.19. The van der Waals surface area contributed by atoms with Gasteiger partial charge in [0.15, 0.2) is 26.5 Å². The Kier molecular flexibility index (Phi) is 6.51. The van der Waals surface area contributed by atoms with E-state index < -0.39 is 27.6 Å². The zero-order chi connectivity index (χ0) is 23.0. The van der Waals surface area contributed by atoms with Crippen LogP contribution in [0.4, 0.5) is 10.1 Å². The van der Waals surface area contributed by atoms with Crippen LogP contribution < -0.4 is 14.4 Å². The van der Waals surface area contributed by atoms with Gasteiger partial charge in [0.1, 0.15) is 5.82 Å². The summed E-state index contributed by atoms with van der Waals surface area (Å²) in [4.78, 5) is 18.6. The Hall–Kier alpha value is -2.11. The lowest BCUT2D eigenvalue weighted by Gasteiger charge is -2.25. The van der Waals surface area contributed by atoms with Gasteiger partial charge in [-0.25, -0.2) is 12.8 Å². The predicted octanol–water partition coefficient (Wildman–Crippen LogP) is 3.45. The molecule has 1 amide bonds. The lowest BCUT2D eigenvalue weighted by Crippen LogP contribution is -2.38. The third kappa shape index (κ3) is 4.65. The first-order chi connectivity index (χ1) is 15.2. The molecule has 0 bridgehead atoms. The Morgan fingerprint density at radius 3 is 2.62 bits per heavy atom. The van der Waals surface area contributed by atoms with Crippen LogP contribution in [0.2, 0.25) is 0 Å². The largest absolute Gasteiger partial charge is 0.493 e. The number of amides is 1. The minimum Gasteiger partial charge on any atom is -0.493 e. The molecule has 2 aliphatic heterocycles. The van der Waals surface area contributed by atoms with Crippen molar-refractivity contribution >= 4 is 54.3 Å². The molecule has 2 aromatic carbocycles. The molecule has 0 saturated carbocycles. The molecule has 2 aliphatic rings. The molecule has 4 rings (SSSR count). The summed E-state index contributed by atoms with van der Waals surface area (Å²) < 4.78 is 50.2. The summed E-state index contributed by atoms with van der Waals surface area (Å²) >= 11 is 4.44. The van der Waals surface area contributed by atoms with Gasteiger partial charge in [0, 0.05) is 9.72 Å². The number of sulfone groups is 1. The molecule has 32 heavy (non-hydrogen) atoms. The molecule has 2 aromatic rings. The normalized spacial score (nSPS) is 22.8. The van der Waals surface area contributed by atoms with E-state index in [9.17, 15) is 17.6 Å². The minimum atomic E-state index is -3.24. The topological polar surface area (TPSA) is 85.3 Å². The predicted molar refractivity (Wildman–Crippen MR) is 126 cm³/mol. The highest BCUT2D eigenvalue weighted by atomic mass is 79.9. The number of anilines is 1. The van der Waals surface area contributed by atoms with E-state index in [-0.39, 0.29) is 28.9 Å². The number of fused-ring (bicyclic) bond motifs is 1. The van der Waals surface area contributed by atoms with Crippen molar-refractivity contribution in [3.8, 4) is 11.5 Å². The van der Waals surface area contributed by atoms with E-state index >= 15 is 0 Å². The maximum atomic E-state index is 14.8. The number of aliphatic imine (C=N–C) groups is 1. The third-order valence-electron chi connectivity index (χ3n) is 5.26. The molecule has 2 unspecified atom stereocenters. The highest BCUT2D eigenvalue weighted by Crippen LogP contribution is 2.42. The van der Waals surface area contributed by atoms with Gasteiger partial charge in [0.05, 0.1) is 43.9 Å². The van der Waals surface area contributed by atoms with Gasteiger partial charge in [-0.15, -0.1) is 0 Å². The summed E-state index contributed by atoms with van der Waals surface area (Å²) in [5.41, 5.74) is 0.882. The Morgan fingerprint density at radius 2 is 1.94 bits per heavy atom. The number of benzene rings is 2. The van der Waals surface area contributed by atoms with Crippen molar-refractivity contribution in [2.24, 2.45) is 4.99 Å². The van der Waals surface area contributed by atoms with E-state index in [2.05, 4.69) is 20.9 Å². The molecule has 0 aromatic heterocycles. The van der Waals surface area contributed by atoms with Crippen LogP contribution >= 0.6 is 27.7 Å². The zero-order valence-electron chi connectivity index (χ0n) is 17.2. The molecule has 11 heteroatoms. The Bertz CT molecular complexity index is 1200. The molecule has 2 saturated heterocycles. The van der Waals surface area contributed by atoms with Crippen molar-refractivity contribution in [2.45, 2.75) is 17.7 Å². The lowest BCUT2D eigenvalue weighted by atomic mass is 10.1. The molecule has 2 heterocycles. The Balaban J connectivity index is 1.64. The number of amidine groups is 1. The Morgan fingerprint density at radius 1 is 1.19 bits per heavy atom. The number of hydrogen-bond donors (Lipinski definition) is 0. The monoisotopic (exact) mass is 542 g/mol. The quantitative estimate of drug-likeness (QED) is 0.571. The fourth-order valence-electron chi connectivity index (χ4n) is 3.83. The van der Waals surface area contributed by atoms with Gasteiger partial charge in [-0.2, -0.15) is 4.99 Å². The van der Waals surface area contributed by atoms with E-state index in [0.717, 1.165) is 0 Å². The summed E-state index contributed by atoms with van der Waals surface area (Å²) in [6.45, 7) is 0. The number of halogens is 2.